The maximum absolute atomic E-state index is 13.3. The first kappa shape index (κ1) is 22.3. The summed E-state index contributed by atoms with van der Waals surface area (Å²) in [6.45, 7) is 1.02. The predicted octanol–water partition coefficient (Wildman–Crippen LogP) is 5.19. The Morgan fingerprint density at radius 1 is 0.875 bits per heavy atom. The number of primary amides is 1. The van der Waals surface area contributed by atoms with Gasteiger partial charge in [-0.3, -0.25) is 4.79 Å². The van der Waals surface area contributed by atoms with Gasteiger partial charge in [0, 0.05) is 12.6 Å². The lowest BCUT2D eigenvalue weighted by Gasteiger charge is -2.45. The topological polar surface area (TPSA) is 46.3 Å². The molecule has 4 rings (SSSR count). The number of nitrogens with zero attached hydrogens (tertiary/aromatic N) is 1. The van der Waals surface area contributed by atoms with Gasteiger partial charge in [-0.2, -0.15) is 0 Å². The molecule has 1 saturated carbocycles. The lowest BCUT2D eigenvalue weighted by molar-refractivity contribution is -0.124. The molecule has 166 valence electrons. The van der Waals surface area contributed by atoms with Crippen LogP contribution in [-0.4, -0.2) is 30.4 Å². The van der Waals surface area contributed by atoms with Gasteiger partial charge in [-0.15, -0.1) is 0 Å². The summed E-state index contributed by atoms with van der Waals surface area (Å²) in [6, 6.07) is 31.5. The van der Waals surface area contributed by atoms with Gasteiger partial charge in [0.1, 0.15) is 5.41 Å². The van der Waals surface area contributed by atoms with Crippen molar-refractivity contribution in [2.75, 3.05) is 13.6 Å². The molecule has 0 radical (unpaired) electrons. The summed E-state index contributed by atoms with van der Waals surface area (Å²) < 4.78 is 0. The fourth-order valence-corrected chi connectivity index (χ4v) is 5.62. The zero-order valence-corrected chi connectivity index (χ0v) is 19.0. The van der Waals surface area contributed by atoms with Gasteiger partial charge < -0.3 is 10.6 Å². The van der Waals surface area contributed by atoms with Crippen LogP contribution in [0.1, 0.15) is 42.4 Å². The second-order valence-corrected chi connectivity index (χ2v) is 9.14. The molecule has 3 aromatic carbocycles. The quantitative estimate of drug-likeness (QED) is 0.539. The highest BCUT2D eigenvalue weighted by Crippen LogP contribution is 2.46. The third-order valence-electron chi connectivity index (χ3n) is 7.33. The fourth-order valence-electron chi connectivity index (χ4n) is 5.62. The van der Waals surface area contributed by atoms with E-state index in [0.717, 1.165) is 43.4 Å². The second-order valence-electron chi connectivity index (χ2n) is 9.14. The van der Waals surface area contributed by atoms with E-state index in [-0.39, 0.29) is 11.8 Å². The summed E-state index contributed by atoms with van der Waals surface area (Å²) in [5.41, 5.74) is 8.85. The van der Waals surface area contributed by atoms with Gasteiger partial charge in [-0.05, 0) is 55.3 Å². The summed E-state index contributed by atoms with van der Waals surface area (Å²) in [5.74, 6) is -0.0739. The van der Waals surface area contributed by atoms with E-state index >= 15 is 0 Å². The minimum atomic E-state index is -0.804. The van der Waals surface area contributed by atoms with Crippen LogP contribution in [0.2, 0.25) is 0 Å². The van der Waals surface area contributed by atoms with Crippen LogP contribution in [0.15, 0.2) is 91.0 Å². The van der Waals surface area contributed by atoms with E-state index < -0.39 is 5.41 Å². The molecule has 3 aromatic rings. The highest BCUT2D eigenvalue weighted by atomic mass is 16.1. The van der Waals surface area contributed by atoms with Crippen molar-refractivity contribution in [1.29, 1.82) is 0 Å². The van der Waals surface area contributed by atoms with E-state index in [1.54, 1.807) is 0 Å². The van der Waals surface area contributed by atoms with Gasteiger partial charge in [-0.1, -0.05) is 97.4 Å². The Hall–Kier alpha value is -2.91. The average molecular weight is 427 g/mol. The Labute approximate surface area is 192 Å². The minimum absolute atomic E-state index is 0.169. The van der Waals surface area contributed by atoms with Crippen molar-refractivity contribution in [3.63, 3.8) is 0 Å². The maximum Gasteiger partial charge on any atom is 0.232 e. The van der Waals surface area contributed by atoms with Crippen molar-refractivity contribution in [1.82, 2.24) is 4.90 Å². The lowest BCUT2D eigenvalue weighted by atomic mass is 9.60. The standard InChI is InChI=1S/C29H34N2O/c1-31(21-20-23-12-5-2-6-13-23)27-19-11-18-26(22-27)29(28(30)32,24-14-7-3-8-15-24)25-16-9-4-10-17-25/h2-10,12-17,26-27H,11,18-22H2,1H3,(H2,30,32)/t26-,27-/m1/s1. The van der Waals surface area contributed by atoms with Crippen LogP contribution < -0.4 is 5.73 Å². The zero-order chi connectivity index (χ0) is 22.4. The molecule has 1 amide bonds. The van der Waals surface area contributed by atoms with Crippen LogP contribution in [0.3, 0.4) is 0 Å². The number of carbonyl (C=O) groups excluding carboxylic acids is 1. The highest BCUT2D eigenvalue weighted by Gasteiger charge is 2.48. The predicted molar refractivity (Wildman–Crippen MR) is 131 cm³/mol. The van der Waals surface area contributed by atoms with E-state index in [0.29, 0.717) is 6.04 Å². The average Bonchev–Trinajstić information content (AvgIpc) is 2.85. The Balaban J connectivity index is 1.62. The van der Waals surface area contributed by atoms with Gasteiger partial charge in [0.2, 0.25) is 5.91 Å². The molecular weight excluding hydrogens is 392 g/mol. The molecule has 1 aliphatic carbocycles. The Kier molecular flexibility index (Phi) is 7.06. The first-order chi connectivity index (χ1) is 15.6. The summed E-state index contributed by atoms with van der Waals surface area (Å²) in [6.07, 6.45) is 5.30. The Morgan fingerprint density at radius 3 is 1.94 bits per heavy atom. The molecule has 32 heavy (non-hydrogen) atoms. The number of carbonyl (C=O) groups is 1. The van der Waals surface area contributed by atoms with Gasteiger partial charge in [0.15, 0.2) is 0 Å². The first-order valence-electron chi connectivity index (χ1n) is 11.8. The summed E-state index contributed by atoms with van der Waals surface area (Å²) in [7, 11) is 2.23. The van der Waals surface area contributed by atoms with Gasteiger partial charge >= 0.3 is 0 Å². The highest BCUT2D eigenvalue weighted by molar-refractivity contribution is 5.91. The van der Waals surface area contributed by atoms with Crippen molar-refractivity contribution < 1.29 is 4.79 Å². The molecular formula is C29H34N2O. The van der Waals surface area contributed by atoms with Gasteiger partial charge in [0.05, 0.1) is 0 Å². The molecule has 1 fully saturated rings. The van der Waals surface area contributed by atoms with Crippen LogP contribution in [-0.2, 0) is 16.6 Å². The van der Waals surface area contributed by atoms with Crippen molar-refractivity contribution in [3.8, 4) is 0 Å². The van der Waals surface area contributed by atoms with E-state index in [4.69, 9.17) is 5.73 Å². The van der Waals surface area contributed by atoms with Crippen molar-refractivity contribution >= 4 is 5.91 Å². The normalized spacial score (nSPS) is 19.1. The number of amides is 1. The van der Waals surface area contributed by atoms with E-state index in [1.807, 2.05) is 36.4 Å². The van der Waals surface area contributed by atoms with E-state index in [9.17, 15) is 4.79 Å². The zero-order valence-electron chi connectivity index (χ0n) is 19.0. The fraction of sp³-hybridized carbons (Fsp3) is 0.345. The number of benzene rings is 3. The summed E-state index contributed by atoms with van der Waals surface area (Å²) in [4.78, 5) is 15.8. The third kappa shape index (κ3) is 4.49. The maximum atomic E-state index is 13.3. The van der Waals surface area contributed by atoms with E-state index in [2.05, 4.69) is 66.5 Å². The third-order valence-corrected chi connectivity index (χ3v) is 7.33. The number of likely N-dealkylation sites (N-methyl/N-ethyl adjacent to an activating group) is 1. The largest absolute Gasteiger partial charge is 0.369 e. The molecule has 2 atom stereocenters. The molecule has 0 bridgehead atoms. The van der Waals surface area contributed by atoms with E-state index in [1.165, 1.54) is 12.0 Å². The monoisotopic (exact) mass is 426 g/mol. The summed E-state index contributed by atoms with van der Waals surface area (Å²) in [5, 5.41) is 0. The first-order valence-corrected chi connectivity index (χ1v) is 11.8. The van der Waals surface area contributed by atoms with Crippen LogP contribution >= 0.6 is 0 Å². The van der Waals surface area contributed by atoms with Gasteiger partial charge in [-0.25, -0.2) is 0 Å². The van der Waals surface area contributed by atoms with Crippen molar-refractivity contribution in [2.24, 2.45) is 11.7 Å². The Morgan fingerprint density at radius 2 is 1.41 bits per heavy atom. The van der Waals surface area contributed by atoms with Crippen LogP contribution in [0.4, 0.5) is 0 Å². The number of rotatable bonds is 8. The van der Waals surface area contributed by atoms with Crippen LogP contribution in [0.25, 0.3) is 0 Å². The molecule has 2 N–H and O–H groups in total. The summed E-state index contributed by atoms with van der Waals surface area (Å²) >= 11 is 0. The molecule has 1 aliphatic rings. The lowest BCUT2D eigenvalue weighted by Crippen LogP contribution is -2.51. The SMILES string of the molecule is CN(CCc1ccccc1)[C@@H]1CCC[C@@H](C(C(N)=O)(c2ccccc2)c2ccccc2)C1. The van der Waals surface area contributed by atoms with Gasteiger partial charge in [0.25, 0.3) is 0 Å². The number of nitrogens with two attached hydrogens (primary N) is 1. The van der Waals surface area contributed by atoms with Crippen LogP contribution in [0, 0.1) is 5.92 Å². The molecule has 3 heteroatoms. The minimum Gasteiger partial charge on any atom is -0.369 e. The second kappa shape index (κ2) is 10.1. The molecule has 0 aliphatic heterocycles. The molecule has 0 unspecified atom stereocenters. The smallest absolute Gasteiger partial charge is 0.232 e. The molecule has 3 nitrogen and oxygen atoms in total. The molecule has 0 saturated heterocycles. The number of hydrogen-bond donors (Lipinski definition) is 1. The number of hydrogen-bond acceptors (Lipinski definition) is 2. The van der Waals surface area contributed by atoms with Crippen molar-refractivity contribution in [2.45, 2.75) is 43.6 Å². The Bertz CT molecular complexity index is 948. The molecule has 0 spiro atoms. The molecule has 0 heterocycles. The van der Waals surface area contributed by atoms with Crippen LogP contribution in [0.5, 0.6) is 0 Å². The molecule has 0 aromatic heterocycles. The van der Waals surface area contributed by atoms with Crippen molar-refractivity contribution in [3.05, 3.63) is 108 Å².